The molecule has 1 aliphatic rings. The molecular formula is C19H21BrN2O2. The Morgan fingerprint density at radius 3 is 2.58 bits per heavy atom. The van der Waals surface area contributed by atoms with Gasteiger partial charge in [-0.2, -0.15) is 0 Å². The van der Waals surface area contributed by atoms with E-state index < -0.39 is 0 Å². The summed E-state index contributed by atoms with van der Waals surface area (Å²) in [6, 6.07) is 11.6. The summed E-state index contributed by atoms with van der Waals surface area (Å²) in [6.07, 6.45) is 7.24. The first kappa shape index (κ1) is 17.0. The van der Waals surface area contributed by atoms with Crippen molar-refractivity contribution in [2.45, 2.75) is 44.7 Å². The van der Waals surface area contributed by atoms with E-state index in [-0.39, 0.29) is 23.1 Å². The summed E-state index contributed by atoms with van der Waals surface area (Å²) in [7, 11) is 0. The van der Waals surface area contributed by atoms with E-state index in [2.05, 4.69) is 21.2 Å². The summed E-state index contributed by atoms with van der Waals surface area (Å²) in [6.45, 7) is 0.447. The van der Waals surface area contributed by atoms with E-state index in [0.29, 0.717) is 6.54 Å². The van der Waals surface area contributed by atoms with Gasteiger partial charge in [-0.05, 0) is 40.4 Å². The molecule has 0 spiro atoms. The predicted molar refractivity (Wildman–Crippen MR) is 98.3 cm³/mol. The number of carbonyl (C=O) groups is 1. The van der Waals surface area contributed by atoms with Gasteiger partial charge in [-0.3, -0.25) is 9.59 Å². The molecule has 126 valence electrons. The molecule has 3 rings (SSSR count). The number of halogens is 1. The van der Waals surface area contributed by atoms with Gasteiger partial charge in [0.2, 0.25) is 0 Å². The summed E-state index contributed by atoms with van der Waals surface area (Å²) >= 11 is 3.41. The van der Waals surface area contributed by atoms with Crippen molar-refractivity contribution in [2.75, 3.05) is 0 Å². The number of benzene rings is 1. The van der Waals surface area contributed by atoms with Crippen LogP contribution in [0.3, 0.4) is 0 Å². The lowest BCUT2D eigenvalue weighted by atomic mass is 9.95. The number of rotatable bonds is 4. The minimum absolute atomic E-state index is 0.187. The van der Waals surface area contributed by atoms with Gasteiger partial charge >= 0.3 is 0 Å². The normalized spacial score (nSPS) is 15.2. The standard InChI is InChI=1S/C19H21BrN2O2/c20-15-11-17(18(23)21-16-9-5-2-6-10-16)19(24)22(13-15)12-14-7-3-1-4-8-14/h1,3-4,7-8,11,13,16H,2,5-6,9-10,12H2,(H,21,23). The second kappa shape index (κ2) is 7.79. The lowest BCUT2D eigenvalue weighted by molar-refractivity contribution is 0.0925. The molecule has 1 fully saturated rings. The van der Waals surface area contributed by atoms with Crippen molar-refractivity contribution in [3.8, 4) is 0 Å². The largest absolute Gasteiger partial charge is 0.349 e. The molecule has 2 aromatic rings. The van der Waals surface area contributed by atoms with E-state index in [1.54, 1.807) is 16.8 Å². The average molecular weight is 389 g/mol. The van der Waals surface area contributed by atoms with E-state index in [1.165, 1.54) is 6.42 Å². The molecular weight excluding hydrogens is 368 g/mol. The van der Waals surface area contributed by atoms with Crippen LogP contribution < -0.4 is 10.9 Å². The molecule has 1 aromatic heterocycles. The van der Waals surface area contributed by atoms with E-state index >= 15 is 0 Å². The SMILES string of the molecule is O=C(NC1CCCCC1)c1cc(Br)cn(Cc2ccccc2)c1=O. The highest BCUT2D eigenvalue weighted by atomic mass is 79.9. The van der Waals surface area contributed by atoms with E-state index in [0.717, 1.165) is 35.7 Å². The molecule has 5 heteroatoms. The molecule has 0 unspecified atom stereocenters. The molecule has 4 nitrogen and oxygen atoms in total. The van der Waals surface area contributed by atoms with Crippen LogP contribution in [0.4, 0.5) is 0 Å². The van der Waals surface area contributed by atoms with Crippen molar-refractivity contribution in [1.82, 2.24) is 9.88 Å². The Kier molecular flexibility index (Phi) is 5.51. The van der Waals surface area contributed by atoms with Gasteiger partial charge < -0.3 is 9.88 Å². The third-order valence-corrected chi connectivity index (χ3v) is 4.87. The van der Waals surface area contributed by atoms with E-state index in [4.69, 9.17) is 0 Å². The Bertz CT molecular complexity index is 765. The number of hydrogen-bond acceptors (Lipinski definition) is 2. The highest BCUT2D eigenvalue weighted by molar-refractivity contribution is 9.10. The fourth-order valence-corrected chi connectivity index (χ4v) is 3.65. The van der Waals surface area contributed by atoms with Crippen LogP contribution in [0.1, 0.15) is 48.0 Å². The van der Waals surface area contributed by atoms with Crippen molar-refractivity contribution < 1.29 is 4.79 Å². The lowest BCUT2D eigenvalue weighted by Crippen LogP contribution is -2.39. The summed E-state index contributed by atoms with van der Waals surface area (Å²) in [5, 5.41) is 3.02. The first-order valence-corrected chi connectivity index (χ1v) is 9.17. The number of nitrogens with one attached hydrogen (secondary N) is 1. The van der Waals surface area contributed by atoms with Crippen molar-refractivity contribution >= 4 is 21.8 Å². The summed E-state index contributed by atoms with van der Waals surface area (Å²) < 4.78 is 2.31. The van der Waals surface area contributed by atoms with Crippen molar-refractivity contribution in [2.24, 2.45) is 0 Å². The average Bonchev–Trinajstić information content (AvgIpc) is 2.59. The van der Waals surface area contributed by atoms with Gasteiger partial charge in [0.05, 0.1) is 6.54 Å². The van der Waals surface area contributed by atoms with Crippen LogP contribution in [0.25, 0.3) is 0 Å². The monoisotopic (exact) mass is 388 g/mol. The zero-order valence-electron chi connectivity index (χ0n) is 13.5. The first-order valence-electron chi connectivity index (χ1n) is 8.38. The van der Waals surface area contributed by atoms with Crippen LogP contribution in [0.15, 0.2) is 51.9 Å². The molecule has 1 saturated carbocycles. The predicted octanol–water partition coefficient (Wildman–Crippen LogP) is 3.72. The first-order chi connectivity index (χ1) is 11.6. The Morgan fingerprint density at radius 2 is 1.88 bits per heavy atom. The Hall–Kier alpha value is -1.88. The van der Waals surface area contributed by atoms with Crippen molar-refractivity contribution in [1.29, 1.82) is 0 Å². The van der Waals surface area contributed by atoms with Crippen LogP contribution in [0, 0.1) is 0 Å². The third kappa shape index (κ3) is 4.15. The molecule has 1 aromatic carbocycles. The third-order valence-electron chi connectivity index (χ3n) is 4.43. The Labute approximate surface area is 150 Å². The van der Waals surface area contributed by atoms with E-state index in [9.17, 15) is 9.59 Å². The summed E-state index contributed by atoms with van der Waals surface area (Å²) in [5.41, 5.74) is 0.970. The molecule has 0 saturated heterocycles. The number of nitrogens with zero attached hydrogens (tertiary/aromatic N) is 1. The molecule has 1 amide bonds. The van der Waals surface area contributed by atoms with Crippen LogP contribution in [-0.4, -0.2) is 16.5 Å². The molecule has 24 heavy (non-hydrogen) atoms. The molecule has 0 aliphatic heterocycles. The second-order valence-corrected chi connectivity index (χ2v) is 7.21. The van der Waals surface area contributed by atoms with Crippen molar-refractivity contribution in [3.05, 3.63) is 68.5 Å². The smallest absolute Gasteiger partial charge is 0.263 e. The summed E-state index contributed by atoms with van der Waals surface area (Å²) in [5.74, 6) is -0.269. The number of aromatic nitrogens is 1. The molecule has 0 radical (unpaired) electrons. The highest BCUT2D eigenvalue weighted by Gasteiger charge is 2.19. The van der Waals surface area contributed by atoms with Crippen LogP contribution in [-0.2, 0) is 6.54 Å². The van der Waals surface area contributed by atoms with E-state index in [1.807, 2.05) is 30.3 Å². The van der Waals surface area contributed by atoms with Crippen LogP contribution in [0.5, 0.6) is 0 Å². The maximum Gasteiger partial charge on any atom is 0.263 e. The number of amides is 1. The molecule has 1 N–H and O–H groups in total. The van der Waals surface area contributed by atoms with Gasteiger partial charge in [0, 0.05) is 16.7 Å². The quantitative estimate of drug-likeness (QED) is 0.867. The Balaban J connectivity index is 1.82. The molecule has 1 aliphatic carbocycles. The Morgan fingerprint density at radius 1 is 1.17 bits per heavy atom. The fourth-order valence-electron chi connectivity index (χ4n) is 3.17. The van der Waals surface area contributed by atoms with Crippen LogP contribution in [0.2, 0.25) is 0 Å². The minimum atomic E-state index is -0.269. The minimum Gasteiger partial charge on any atom is -0.349 e. The zero-order chi connectivity index (χ0) is 16.9. The zero-order valence-corrected chi connectivity index (χ0v) is 15.1. The van der Waals surface area contributed by atoms with Crippen LogP contribution >= 0.6 is 15.9 Å². The maximum atomic E-state index is 12.7. The number of hydrogen-bond donors (Lipinski definition) is 1. The molecule has 0 atom stereocenters. The van der Waals surface area contributed by atoms with Crippen molar-refractivity contribution in [3.63, 3.8) is 0 Å². The topological polar surface area (TPSA) is 51.1 Å². The van der Waals surface area contributed by atoms with Gasteiger partial charge in [0.15, 0.2) is 0 Å². The maximum absolute atomic E-state index is 12.7. The summed E-state index contributed by atoms with van der Waals surface area (Å²) in [4.78, 5) is 25.2. The second-order valence-electron chi connectivity index (χ2n) is 6.30. The number of carbonyl (C=O) groups excluding carboxylic acids is 1. The molecule has 0 bridgehead atoms. The molecule has 1 heterocycles. The number of pyridine rings is 1. The lowest BCUT2D eigenvalue weighted by Gasteiger charge is -2.22. The fraction of sp³-hybridized carbons (Fsp3) is 0.368. The highest BCUT2D eigenvalue weighted by Crippen LogP contribution is 2.18. The van der Waals surface area contributed by atoms with Gasteiger partial charge in [-0.25, -0.2) is 0 Å². The van der Waals surface area contributed by atoms with Gasteiger partial charge in [0.25, 0.3) is 11.5 Å². The van der Waals surface area contributed by atoms with Gasteiger partial charge in [0.1, 0.15) is 5.56 Å². The van der Waals surface area contributed by atoms with Gasteiger partial charge in [-0.15, -0.1) is 0 Å². The van der Waals surface area contributed by atoms with Gasteiger partial charge in [-0.1, -0.05) is 49.6 Å².